The van der Waals surface area contributed by atoms with E-state index in [0.29, 0.717) is 5.92 Å². The zero-order chi connectivity index (χ0) is 12.3. The van der Waals surface area contributed by atoms with E-state index in [0.717, 1.165) is 17.0 Å². The molecule has 0 saturated heterocycles. The molecule has 94 valence electrons. The summed E-state index contributed by atoms with van der Waals surface area (Å²) >= 11 is 3.69. The summed E-state index contributed by atoms with van der Waals surface area (Å²) in [5.74, 6) is 2.53. The Hall–Kier alpha value is -0.500. The number of benzene rings is 1. The van der Waals surface area contributed by atoms with E-state index in [2.05, 4.69) is 41.1 Å². The van der Waals surface area contributed by atoms with Crippen molar-refractivity contribution in [1.29, 1.82) is 0 Å². The van der Waals surface area contributed by atoms with Crippen molar-refractivity contribution in [2.24, 2.45) is 5.92 Å². The number of hydrogen-bond donors (Lipinski definition) is 0. The van der Waals surface area contributed by atoms with E-state index in [1.165, 1.54) is 36.8 Å². The summed E-state index contributed by atoms with van der Waals surface area (Å²) in [6, 6.07) is 6.63. The SMILES string of the molecule is COc1ccc(C(CBr)C2CCCC2)cc1C. The molecular weight excluding hydrogens is 276 g/mol. The van der Waals surface area contributed by atoms with Gasteiger partial charge in [-0.1, -0.05) is 40.9 Å². The average Bonchev–Trinajstić information content (AvgIpc) is 2.84. The molecule has 0 spiro atoms. The fraction of sp³-hybridized carbons (Fsp3) is 0.600. The van der Waals surface area contributed by atoms with Gasteiger partial charge >= 0.3 is 0 Å². The minimum atomic E-state index is 0.669. The first-order chi connectivity index (χ1) is 8.26. The minimum Gasteiger partial charge on any atom is -0.496 e. The van der Waals surface area contributed by atoms with Crippen molar-refractivity contribution < 1.29 is 4.74 Å². The predicted octanol–water partition coefficient (Wildman–Crippen LogP) is 4.67. The largest absolute Gasteiger partial charge is 0.496 e. The minimum absolute atomic E-state index is 0.669. The molecule has 1 saturated carbocycles. The van der Waals surface area contributed by atoms with E-state index in [1.54, 1.807) is 7.11 Å². The molecule has 17 heavy (non-hydrogen) atoms. The van der Waals surface area contributed by atoms with E-state index in [4.69, 9.17) is 4.74 Å². The molecule has 0 bridgehead atoms. The van der Waals surface area contributed by atoms with Gasteiger partial charge in [-0.3, -0.25) is 0 Å². The summed E-state index contributed by atoms with van der Waals surface area (Å²) in [6.45, 7) is 2.13. The molecule has 1 fully saturated rings. The Balaban J connectivity index is 2.21. The topological polar surface area (TPSA) is 9.23 Å². The first-order valence-electron chi connectivity index (χ1n) is 6.46. The van der Waals surface area contributed by atoms with E-state index >= 15 is 0 Å². The standard InChI is InChI=1S/C15H21BrO/c1-11-9-13(7-8-15(11)17-2)14(10-16)12-5-3-4-6-12/h7-9,12,14H,3-6,10H2,1-2H3. The second-order valence-electron chi connectivity index (χ2n) is 5.03. The number of ether oxygens (including phenoxy) is 1. The van der Waals surface area contributed by atoms with Gasteiger partial charge in [0.25, 0.3) is 0 Å². The van der Waals surface area contributed by atoms with Crippen LogP contribution in [0.1, 0.15) is 42.7 Å². The van der Waals surface area contributed by atoms with Gasteiger partial charge in [0.05, 0.1) is 7.11 Å². The Morgan fingerprint density at radius 3 is 2.59 bits per heavy atom. The molecular formula is C15H21BrO. The Labute approximate surface area is 113 Å². The van der Waals surface area contributed by atoms with Crippen LogP contribution in [0.3, 0.4) is 0 Å². The van der Waals surface area contributed by atoms with Crippen LogP contribution in [0.15, 0.2) is 18.2 Å². The van der Waals surface area contributed by atoms with Crippen LogP contribution in [0.2, 0.25) is 0 Å². The first kappa shape index (κ1) is 12.9. The van der Waals surface area contributed by atoms with Crippen LogP contribution >= 0.6 is 15.9 Å². The number of hydrogen-bond acceptors (Lipinski definition) is 1. The van der Waals surface area contributed by atoms with Crippen LogP contribution in [0, 0.1) is 12.8 Å². The Morgan fingerprint density at radius 2 is 2.06 bits per heavy atom. The van der Waals surface area contributed by atoms with Crippen LogP contribution < -0.4 is 4.74 Å². The molecule has 0 radical (unpaired) electrons. The van der Waals surface area contributed by atoms with Crippen molar-refractivity contribution >= 4 is 15.9 Å². The van der Waals surface area contributed by atoms with Crippen molar-refractivity contribution in [3.05, 3.63) is 29.3 Å². The van der Waals surface area contributed by atoms with Crippen molar-refractivity contribution in [1.82, 2.24) is 0 Å². The van der Waals surface area contributed by atoms with Gasteiger partial charge in [0.2, 0.25) is 0 Å². The van der Waals surface area contributed by atoms with Gasteiger partial charge in [-0.25, -0.2) is 0 Å². The Bertz CT molecular complexity index is 369. The third-order valence-electron chi connectivity index (χ3n) is 3.98. The smallest absolute Gasteiger partial charge is 0.121 e. The molecule has 1 atom stereocenters. The molecule has 0 heterocycles. The van der Waals surface area contributed by atoms with Crippen LogP contribution in [0.4, 0.5) is 0 Å². The molecule has 0 amide bonds. The monoisotopic (exact) mass is 296 g/mol. The van der Waals surface area contributed by atoms with Gasteiger partial charge in [0.15, 0.2) is 0 Å². The lowest BCUT2D eigenvalue weighted by atomic mass is 9.86. The third-order valence-corrected chi connectivity index (χ3v) is 4.68. The van der Waals surface area contributed by atoms with Gasteiger partial charge in [-0.05, 0) is 48.8 Å². The molecule has 1 aliphatic rings. The predicted molar refractivity (Wildman–Crippen MR) is 76.2 cm³/mol. The summed E-state index contributed by atoms with van der Waals surface area (Å²) in [4.78, 5) is 0. The summed E-state index contributed by atoms with van der Waals surface area (Å²) in [5.41, 5.74) is 2.71. The number of aryl methyl sites for hydroxylation is 1. The molecule has 1 nitrogen and oxygen atoms in total. The molecule has 1 unspecified atom stereocenters. The van der Waals surface area contributed by atoms with Gasteiger partial charge in [0.1, 0.15) is 5.75 Å². The van der Waals surface area contributed by atoms with Crippen LogP contribution in [-0.2, 0) is 0 Å². The fourth-order valence-electron chi connectivity index (χ4n) is 2.98. The van der Waals surface area contributed by atoms with E-state index in [-0.39, 0.29) is 0 Å². The van der Waals surface area contributed by atoms with E-state index in [9.17, 15) is 0 Å². The Kier molecular flexibility index (Phi) is 4.49. The van der Waals surface area contributed by atoms with Crippen LogP contribution in [0.5, 0.6) is 5.75 Å². The van der Waals surface area contributed by atoms with Crippen molar-refractivity contribution in [2.45, 2.75) is 38.5 Å². The maximum absolute atomic E-state index is 5.33. The van der Waals surface area contributed by atoms with Gasteiger partial charge in [-0.2, -0.15) is 0 Å². The lowest BCUT2D eigenvalue weighted by Gasteiger charge is -2.22. The fourth-order valence-corrected chi connectivity index (χ4v) is 3.88. The van der Waals surface area contributed by atoms with Gasteiger partial charge < -0.3 is 4.74 Å². The quantitative estimate of drug-likeness (QED) is 0.734. The zero-order valence-electron chi connectivity index (χ0n) is 10.7. The second kappa shape index (κ2) is 5.90. The van der Waals surface area contributed by atoms with Gasteiger partial charge in [-0.15, -0.1) is 0 Å². The highest BCUT2D eigenvalue weighted by Gasteiger charge is 2.25. The van der Waals surface area contributed by atoms with Crippen molar-refractivity contribution in [3.8, 4) is 5.75 Å². The van der Waals surface area contributed by atoms with Crippen molar-refractivity contribution in [3.63, 3.8) is 0 Å². The summed E-state index contributed by atoms with van der Waals surface area (Å²) < 4.78 is 5.33. The molecule has 0 aromatic heterocycles. The molecule has 0 N–H and O–H groups in total. The molecule has 1 aromatic rings. The summed E-state index contributed by atoms with van der Waals surface area (Å²) in [7, 11) is 1.74. The lowest BCUT2D eigenvalue weighted by molar-refractivity contribution is 0.410. The maximum Gasteiger partial charge on any atom is 0.121 e. The molecule has 1 aliphatic carbocycles. The van der Waals surface area contributed by atoms with Crippen LogP contribution in [0.25, 0.3) is 0 Å². The number of alkyl halides is 1. The highest BCUT2D eigenvalue weighted by molar-refractivity contribution is 9.09. The van der Waals surface area contributed by atoms with E-state index in [1.807, 2.05) is 0 Å². The van der Waals surface area contributed by atoms with E-state index < -0.39 is 0 Å². The number of halogens is 1. The van der Waals surface area contributed by atoms with Gasteiger partial charge in [0, 0.05) is 5.33 Å². The normalized spacial score (nSPS) is 18.3. The molecule has 1 aromatic carbocycles. The zero-order valence-corrected chi connectivity index (χ0v) is 12.3. The number of rotatable bonds is 4. The summed E-state index contributed by atoms with van der Waals surface area (Å²) in [6.07, 6.45) is 5.59. The lowest BCUT2D eigenvalue weighted by Crippen LogP contribution is -2.11. The molecule has 2 rings (SSSR count). The number of methoxy groups -OCH3 is 1. The van der Waals surface area contributed by atoms with Crippen LogP contribution in [-0.4, -0.2) is 12.4 Å². The summed E-state index contributed by atoms with van der Waals surface area (Å²) in [5, 5.41) is 1.07. The maximum atomic E-state index is 5.33. The first-order valence-corrected chi connectivity index (χ1v) is 7.59. The molecule has 0 aliphatic heterocycles. The second-order valence-corrected chi connectivity index (χ2v) is 5.68. The highest BCUT2D eigenvalue weighted by Crippen LogP contribution is 2.39. The third kappa shape index (κ3) is 2.85. The van der Waals surface area contributed by atoms with Crippen molar-refractivity contribution in [2.75, 3.05) is 12.4 Å². The molecule has 2 heteroatoms. The Morgan fingerprint density at radius 1 is 1.35 bits per heavy atom. The highest BCUT2D eigenvalue weighted by atomic mass is 79.9. The average molecular weight is 297 g/mol.